The number of halogens is 2. The molecule has 1 heterocycles. The first kappa shape index (κ1) is 15.4. The van der Waals surface area contributed by atoms with Crippen molar-refractivity contribution in [3.8, 4) is 11.3 Å². The summed E-state index contributed by atoms with van der Waals surface area (Å²) in [7, 11) is 1.30. The van der Waals surface area contributed by atoms with Crippen LogP contribution < -0.4 is 0 Å². The van der Waals surface area contributed by atoms with Crippen molar-refractivity contribution in [1.82, 2.24) is 4.98 Å². The maximum atomic E-state index is 14.1. The summed E-state index contributed by atoms with van der Waals surface area (Å²) in [6.07, 6.45) is 1.16. The van der Waals surface area contributed by atoms with Gasteiger partial charge in [-0.1, -0.05) is 29.8 Å². The van der Waals surface area contributed by atoms with Gasteiger partial charge in [0.1, 0.15) is 5.82 Å². The quantitative estimate of drug-likeness (QED) is 0.634. The van der Waals surface area contributed by atoms with Crippen LogP contribution in [0.2, 0.25) is 5.02 Å². The molecule has 0 fully saturated rings. The molecule has 0 amide bonds. The maximum absolute atomic E-state index is 14.1. The van der Waals surface area contributed by atoms with Crippen LogP contribution in [-0.4, -0.2) is 18.1 Å². The molecule has 0 N–H and O–H groups in total. The van der Waals surface area contributed by atoms with Crippen LogP contribution >= 0.6 is 11.6 Å². The molecular weight excluding hydrogens is 317 g/mol. The molecule has 3 nitrogen and oxygen atoms in total. The molecule has 0 aliphatic carbocycles. The van der Waals surface area contributed by atoms with Crippen LogP contribution in [0.1, 0.15) is 15.9 Å². The smallest absolute Gasteiger partial charge is 0.337 e. The molecule has 0 bridgehead atoms. The van der Waals surface area contributed by atoms with E-state index in [2.05, 4.69) is 4.98 Å². The highest BCUT2D eigenvalue weighted by Gasteiger charge is 2.16. The fourth-order valence-corrected chi connectivity index (χ4v) is 2.90. The van der Waals surface area contributed by atoms with Gasteiger partial charge in [-0.15, -0.1) is 0 Å². The number of aryl methyl sites for hydroxylation is 1. The lowest BCUT2D eigenvalue weighted by Crippen LogP contribution is -2.02. The van der Waals surface area contributed by atoms with Crippen LogP contribution in [0.25, 0.3) is 22.0 Å². The molecule has 0 saturated carbocycles. The van der Waals surface area contributed by atoms with E-state index in [0.29, 0.717) is 27.1 Å². The van der Waals surface area contributed by atoms with Gasteiger partial charge in [-0.05, 0) is 30.7 Å². The number of hydrogen-bond donors (Lipinski definition) is 0. The van der Waals surface area contributed by atoms with E-state index in [0.717, 1.165) is 17.3 Å². The number of rotatable bonds is 2. The molecule has 5 heteroatoms. The van der Waals surface area contributed by atoms with Crippen molar-refractivity contribution < 1.29 is 13.9 Å². The molecule has 0 atom stereocenters. The Labute approximate surface area is 137 Å². The molecule has 0 saturated heterocycles. The Hall–Kier alpha value is -2.46. The summed E-state index contributed by atoms with van der Waals surface area (Å²) < 4.78 is 18.8. The van der Waals surface area contributed by atoms with E-state index in [1.807, 2.05) is 19.1 Å². The molecule has 1 aromatic heterocycles. The molecule has 0 spiro atoms. The zero-order valence-corrected chi connectivity index (χ0v) is 13.3. The number of fused-ring (bicyclic) bond motifs is 1. The third kappa shape index (κ3) is 2.66. The summed E-state index contributed by atoms with van der Waals surface area (Å²) >= 11 is 6.31. The topological polar surface area (TPSA) is 39.2 Å². The highest BCUT2D eigenvalue weighted by molar-refractivity contribution is 6.33. The average Bonchev–Trinajstić information content (AvgIpc) is 2.55. The summed E-state index contributed by atoms with van der Waals surface area (Å²) in [5.41, 5.74) is 2.51. The second-order valence-electron chi connectivity index (χ2n) is 5.14. The largest absolute Gasteiger partial charge is 0.465 e. The van der Waals surface area contributed by atoms with E-state index in [9.17, 15) is 9.18 Å². The van der Waals surface area contributed by atoms with Crippen molar-refractivity contribution in [2.24, 2.45) is 0 Å². The van der Waals surface area contributed by atoms with Gasteiger partial charge in [-0.3, -0.25) is 4.98 Å². The summed E-state index contributed by atoms with van der Waals surface area (Å²) in [4.78, 5) is 16.0. The molecular formula is C18H13ClFNO2. The van der Waals surface area contributed by atoms with Gasteiger partial charge in [0.25, 0.3) is 0 Å². The van der Waals surface area contributed by atoms with E-state index in [1.165, 1.54) is 13.2 Å². The molecule has 0 aliphatic rings. The number of pyridine rings is 1. The number of carbonyl (C=O) groups is 1. The Morgan fingerprint density at radius 1 is 1.22 bits per heavy atom. The number of carbonyl (C=O) groups excluding carboxylic acids is 1. The van der Waals surface area contributed by atoms with Gasteiger partial charge in [0, 0.05) is 16.3 Å². The minimum absolute atomic E-state index is 0.332. The Morgan fingerprint density at radius 3 is 2.70 bits per heavy atom. The lowest BCUT2D eigenvalue weighted by Gasteiger charge is -2.12. The molecule has 23 heavy (non-hydrogen) atoms. The minimum atomic E-state index is -0.488. The third-order valence-electron chi connectivity index (χ3n) is 3.72. The highest BCUT2D eigenvalue weighted by atomic mass is 35.5. The van der Waals surface area contributed by atoms with Crippen molar-refractivity contribution in [2.45, 2.75) is 6.92 Å². The van der Waals surface area contributed by atoms with Crippen molar-refractivity contribution in [2.75, 3.05) is 7.11 Å². The van der Waals surface area contributed by atoms with Crippen LogP contribution in [0.3, 0.4) is 0 Å². The van der Waals surface area contributed by atoms with Gasteiger partial charge in [0.2, 0.25) is 0 Å². The first-order valence-corrected chi connectivity index (χ1v) is 7.32. The predicted molar refractivity (Wildman–Crippen MR) is 88.2 cm³/mol. The Balaban J connectivity index is 2.37. The van der Waals surface area contributed by atoms with Crippen LogP contribution in [0, 0.1) is 12.7 Å². The van der Waals surface area contributed by atoms with Gasteiger partial charge in [-0.2, -0.15) is 0 Å². The molecule has 0 unspecified atom stereocenters. The monoisotopic (exact) mass is 329 g/mol. The number of ether oxygens (including phenoxy) is 1. The van der Waals surface area contributed by atoms with E-state index in [4.69, 9.17) is 16.3 Å². The second-order valence-corrected chi connectivity index (χ2v) is 5.55. The number of nitrogens with zero attached hydrogens (tertiary/aromatic N) is 1. The minimum Gasteiger partial charge on any atom is -0.465 e. The second kappa shape index (κ2) is 5.97. The molecule has 116 valence electrons. The molecule has 0 aliphatic heterocycles. The number of hydrogen-bond acceptors (Lipinski definition) is 3. The van der Waals surface area contributed by atoms with Crippen molar-refractivity contribution in [3.63, 3.8) is 0 Å². The van der Waals surface area contributed by atoms with E-state index in [1.54, 1.807) is 18.2 Å². The SMILES string of the molecule is COC(=O)c1ccc2c(F)cnc(-c3c(C)cccc3Cl)c2c1. The lowest BCUT2D eigenvalue weighted by atomic mass is 9.98. The van der Waals surface area contributed by atoms with E-state index < -0.39 is 11.8 Å². The Morgan fingerprint density at radius 2 is 2.00 bits per heavy atom. The zero-order chi connectivity index (χ0) is 16.6. The summed E-state index contributed by atoms with van der Waals surface area (Å²) in [5, 5.41) is 1.42. The van der Waals surface area contributed by atoms with Crippen LogP contribution in [0.5, 0.6) is 0 Å². The molecule has 3 rings (SSSR count). The lowest BCUT2D eigenvalue weighted by molar-refractivity contribution is 0.0601. The molecule has 2 aromatic carbocycles. The van der Waals surface area contributed by atoms with E-state index >= 15 is 0 Å². The number of esters is 1. The summed E-state index contributed by atoms with van der Waals surface area (Å²) in [5.74, 6) is -0.942. The van der Waals surface area contributed by atoms with Crippen molar-refractivity contribution >= 4 is 28.3 Å². The zero-order valence-electron chi connectivity index (χ0n) is 12.6. The van der Waals surface area contributed by atoms with Crippen molar-refractivity contribution in [3.05, 3.63) is 64.6 Å². The van der Waals surface area contributed by atoms with Crippen molar-refractivity contribution in [1.29, 1.82) is 0 Å². The Bertz CT molecular complexity index is 904. The summed E-state index contributed by atoms with van der Waals surface area (Å²) in [6.45, 7) is 1.91. The van der Waals surface area contributed by atoms with Gasteiger partial charge in [0.15, 0.2) is 0 Å². The third-order valence-corrected chi connectivity index (χ3v) is 4.03. The molecule has 3 aromatic rings. The first-order chi connectivity index (χ1) is 11.0. The number of methoxy groups -OCH3 is 1. The van der Waals surface area contributed by atoms with Crippen LogP contribution in [0.4, 0.5) is 4.39 Å². The summed E-state index contributed by atoms with van der Waals surface area (Å²) in [6, 6.07) is 10.2. The van der Waals surface area contributed by atoms with Gasteiger partial charge >= 0.3 is 5.97 Å². The molecule has 0 radical (unpaired) electrons. The normalized spacial score (nSPS) is 10.8. The fourth-order valence-electron chi connectivity index (χ4n) is 2.58. The van der Waals surface area contributed by atoms with Gasteiger partial charge in [0.05, 0.1) is 29.6 Å². The van der Waals surface area contributed by atoms with Gasteiger partial charge in [-0.25, -0.2) is 9.18 Å². The Kier molecular flexibility index (Phi) is 4.01. The number of benzene rings is 2. The fraction of sp³-hybridized carbons (Fsp3) is 0.111. The highest BCUT2D eigenvalue weighted by Crippen LogP contribution is 2.35. The van der Waals surface area contributed by atoms with Crippen LogP contribution in [-0.2, 0) is 4.74 Å². The maximum Gasteiger partial charge on any atom is 0.337 e. The predicted octanol–water partition coefficient (Wildman–Crippen LogP) is 4.79. The van der Waals surface area contributed by atoms with Gasteiger partial charge < -0.3 is 4.74 Å². The average molecular weight is 330 g/mol. The first-order valence-electron chi connectivity index (χ1n) is 6.95. The van der Waals surface area contributed by atoms with E-state index in [-0.39, 0.29) is 0 Å². The number of aromatic nitrogens is 1. The standard InChI is InChI=1S/C18H13ClFNO2/c1-10-4-3-5-14(19)16(10)17-13-8-11(18(22)23-2)6-7-12(13)15(20)9-21-17/h3-9H,1-2H3. The van der Waals surface area contributed by atoms with Crippen LogP contribution in [0.15, 0.2) is 42.6 Å².